The SMILES string of the molecule is CCn1ccn(C)[c+]1C(C(=O)[O-])(C(=O)[O-])[c+]1n(C)ccn1CC. The summed E-state index contributed by atoms with van der Waals surface area (Å²) in [4.78, 5) is 24.2. The molecule has 0 bridgehead atoms. The van der Waals surface area contributed by atoms with Crippen LogP contribution in [0.4, 0.5) is 0 Å². The largest absolute Gasteiger partial charge is 0.545 e. The van der Waals surface area contributed by atoms with Gasteiger partial charge in [-0.2, -0.15) is 0 Å². The molecule has 0 aliphatic carbocycles. The van der Waals surface area contributed by atoms with Crippen LogP contribution in [0.15, 0.2) is 24.8 Å². The lowest BCUT2D eigenvalue weighted by molar-refractivity contribution is -0.333. The zero-order chi connectivity index (χ0) is 17.4. The Morgan fingerprint density at radius 1 is 0.870 bits per heavy atom. The number of carbonyl (C=O) groups is 2. The van der Waals surface area contributed by atoms with Gasteiger partial charge < -0.3 is 19.8 Å². The van der Waals surface area contributed by atoms with Gasteiger partial charge in [-0.3, -0.25) is 0 Å². The second-order valence-corrected chi connectivity index (χ2v) is 5.36. The zero-order valence-corrected chi connectivity index (χ0v) is 13.6. The van der Waals surface area contributed by atoms with Crippen molar-refractivity contribution in [2.75, 3.05) is 0 Å². The van der Waals surface area contributed by atoms with Crippen molar-refractivity contribution in [3.05, 3.63) is 36.4 Å². The first-order valence-electron chi connectivity index (χ1n) is 7.35. The third-order valence-corrected chi connectivity index (χ3v) is 4.12. The van der Waals surface area contributed by atoms with E-state index in [1.807, 2.05) is 0 Å². The number of hydrogen-bond donors (Lipinski definition) is 0. The monoisotopic (exact) mass is 320 g/mol. The summed E-state index contributed by atoms with van der Waals surface area (Å²) in [6, 6.07) is 0. The number of aromatic nitrogens is 4. The zero-order valence-electron chi connectivity index (χ0n) is 13.6. The predicted octanol–water partition coefficient (Wildman–Crippen LogP) is -1.65. The average Bonchev–Trinajstić information content (AvgIpc) is 3.04. The lowest BCUT2D eigenvalue weighted by Crippen LogP contribution is -2.61. The van der Waals surface area contributed by atoms with E-state index in [0.717, 1.165) is 0 Å². The molecule has 0 radical (unpaired) electrons. The van der Waals surface area contributed by atoms with Gasteiger partial charge in [0.05, 0.1) is 25.0 Å². The third kappa shape index (κ3) is 2.21. The van der Waals surface area contributed by atoms with Gasteiger partial charge in [0.25, 0.3) is 5.41 Å². The van der Waals surface area contributed by atoms with Crippen LogP contribution in [0.3, 0.4) is 0 Å². The van der Waals surface area contributed by atoms with Crippen LogP contribution < -0.4 is 10.2 Å². The Morgan fingerprint density at radius 3 is 1.48 bits per heavy atom. The molecule has 8 heteroatoms. The van der Waals surface area contributed by atoms with Gasteiger partial charge in [-0.25, -0.2) is 18.3 Å². The molecule has 0 aliphatic heterocycles. The van der Waals surface area contributed by atoms with Gasteiger partial charge >= 0.3 is 0 Å². The van der Waals surface area contributed by atoms with Crippen LogP contribution in [-0.2, 0) is 42.2 Å². The van der Waals surface area contributed by atoms with E-state index in [-0.39, 0.29) is 11.6 Å². The molecule has 8 nitrogen and oxygen atoms in total. The molecule has 23 heavy (non-hydrogen) atoms. The maximum absolute atomic E-state index is 12.1. The Balaban J connectivity index is 2.98. The van der Waals surface area contributed by atoms with E-state index in [1.165, 1.54) is 9.13 Å². The minimum Gasteiger partial charge on any atom is -0.545 e. The normalized spacial score (nSPS) is 11.7. The van der Waals surface area contributed by atoms with Crippen LogP contribution in [0.25, 0.3) is 0 Å². The first-order valence-corrected chi connectivity index (χ1v) is 7.35. The summed E-state index contributed by atoms with van der Waals surface area (Å²) in [7, 11) is 3.20. The summed E-state index contributed by atoms with van der Waals surface area (Å²) in [5, 5.41) is 24.2. The van der Waals surface area contributed by atoms with Crippen molar-refractivity contribution in [1.82, 2.24) is 18.3 Å². The van der Waals surface area contributed by atoms with Gasteiger partial charge in [0.2, 0.25) is 11.6 Å². The Bertz CT molecular complexity index is 695. The highest BCUT2D eigenvalue weighted by atomic mass is 16.4. The molecule has 0 aliphatic rings. The summed E-state index contributed by atoms with van der Waals surface area (Å²) in [5.41, 5.74) is -2.43. The number of nitrogens with zero attached hydrogens (tertiary/aromatic N) is 4. The molecule has 124 valence electrons. The molecule has 0 amide bonds. The molecule has 2 rings (SSSR count). The Kier molecular flexibility index (Phi) is 4.26. The number of carboxylic acids is 2. The second kappa shape index (κ2) is 5.86. The van der Waals surface area contributed by atoms with E-state index in [0.29, 0.717) is 13.1 Å². The smallest absolute Gasteiger partial charge is 0.250 e. The van der Waals surface area contributed by atoms with Crippen molar-refractivity contribution in [3.8, 4) is 0 Å². The van der Waals surface area contributed by atoms with E-state index in [9.17, 15) is 19.8 Å². The quantitative estimate of drug-likeness (QED) is 0.470. The van der Waals surface area contributed by atoms with E-state index >= 15 is 0 Å². The van der Waals surface area contributed by atoms with Gasteiger partial charge in [-0.05, 0) is 13.8 Å². The topological polar surface area (TPSA) is 100.0 Å². The second-order valence-electron chi connectivity index (χ2n) is 5.36. The van der Waals surface area contributed by atoms with Crippen molar-refractivity contribution in [2.45, 2.75) is 32.4 Å². The number of rotatable bonds is 6. The maximum atomic E-state index is 12.1. The van der Waals surface area contributed by atoms with Crippen LogP contribution >= 0.6 is 0 Å². The van der Waals surface area contributed by atoms with Crippen LogP contribution in [0, 0.1) is 0 Å². The Hall–Kier alpha value is -2.64. The fourth-order valence-electron chi connectivity index (χ4n) is 3.07. The first kappa shape index (κ1) is 16.7. The summed E-state index contributed by atoms with van der Waals surface area (Å²) in [6.07, 6.45) is 6.49. The maximum Gasteiger partial charge on any atom is 0.250 e. The number of carboxylic acid groups (broad SMARTS) is 2. The highest BCUT2D eigenvalue weighted by molar-refractivity contribution is 6.05. The molecule has 0 unspecified atom stereocenters. The third-order valence-electron chi connectivity index (χ3n) is 4.12. The fraction of sp³-hybridized carbons (Fsp3) is 0.467. The highest BCUT2D eigenvalue weighted by Gasteiger charge is 2.54. The molecule has 0 saturated heterocycles. The molecular weight excluding hydrogens is 300 g/mol. The van der Waals surface area contributed by atoms with Crippen molar-refractivity contribution in [2.24, 2.45) is 14.1 Å². The number of carbonyl (C=O) groups excluding carboxylic acids is 2. The number of hydrogen-bond acceptors (Lipinski definition) is 4. The van der Waals surface area contributed by atoms with E-state index in [2.05, 4.69) is 0 Å². The van der Waals surface area contributed by atoms with Crippen molar-refractivity contribution in [3.63, 3.8) is 0 Å². The van der Waals surface area contributed by atoms with E-state index < -0.39 is 17.4 Å². The molecule has 0 saturated carbocycles. The minimum atomic E-state index is -2.43. The standard InChI is InChI=1S/C15H20N4O4/c1-5-18-9-7-16(3)11(18)15(13(20)21,14(22)23)12-17(4)8-10-19(12)6-2/h7-10H,5-6H2,1-4H3. The molecule has 0 N–H and O–H groups in total. The molecule has 0 spiro atoms. The first-order chi connectivity index (χ1) is 10.8. The predicted molar refractivity (Wildman–Crippen MR) is 77.8 cm³/mol. The highest BCUT2D eigenvalue weighted by Crippen LogP contribution is 2.32. The van der Waals surface area contributed by atoms with Gasteiger partial charge in [-0.1, -0.05) is 0 Å². The Labute approximate surface area is 133 Å². The average molecular weight is 320 g/mol. The summed E-state index contributed by atoms with van der Waals surface area (Å²) >= 11 is 0. The molecule has 2 aromatic rings. The summed E-state index contributed by atoms with van der Waals surface area (Å²) < 4.78 is 6.08. The van der Waals surface area contributed by atoms with Crippen molar-refractivity contribution < 1.29 is 19.8 Å². The number of aliphatic carboxylic acids is 2. The molecular formula is C15H20N4O4. The van der Waals surface area contributed by atoms with Gasteiger partial charge in [0, 0.05) is 14.1 Å². The molecule has 0 fully saturated rings. The molecule has 0 atom stereocenters. The van der Waals surface area contributed by atoms with Crippen LogP contribution in [0.1, 0.15) is 25.5 Å². The van der Waals surface area contributed by atoms with Crippen LogP contribution in [0.5, 0.6) is 0 Å². The lowest BCUT2D eigenvalue weighted by atomic mass is 9.85. The van der Waals surface area contributed by atoms with Crippen molar-refractivity contribution >= 4 is 11.9 Å². The Morgan fingerprint density at radius 2 is 1.22 bits per heavy atom. The number of imidazole rings is 2. The van der Waals surface area contributed by atoms with E-state index in [4.69, 9.17) is 0 Å². The van der Waals surface area contributed by atoms with Gasteiger partial charge in [0.1, 0.15) is 0 Å². The summed E-state index contributed by atoms with van der Waals surface area (Å²) in [5.74, 6) is -3.32. The molecule has 2 heterocycles. The van der Waals surface area contributed by atoms with Crippen molar-refractivity contribution in [1.29, 1.82) is 0 Å². The van der Waals surface area contributed by atoms with Crippen LogP contribution in [0.2, 0.25) is 0 Å². The van der Waals surface area contributed by atoms with Gasteiger partial charge in [0.15, 0.2) is 24.8 Å². The fourth-order valence-corrected chi connectivity index (χ4v) is 3.07. The number of aryl methyl sites for hydroxylation is 4. The molecule has 2 aromatic heterocycles. The summed E-state index contributed by atoms with van der Waals surface area (Å²) in [6.45, 7) is 4.43. The van der Waals surface area contributed by atoms with Gasteiger partial charge in [-0.15, -0.1) is 0 Å². The van der Waals surface area contributed by atoms with Crippen LogP contribution in [-0.4, -0.2) is 30.2 Å². The molecule has 0 aromatic carbocycles. The minimum absolute atomic E-state index is 0.0731. The van der Waals surface area contributed by atoms with E-state index in [1.54, 1.807) is 61.9 Å². The lowest BCUT2D eigenvalue weighted by Gasteiger charge is -2.30.